The zero-order valence-corrected chi connectivity index (χ0v) is 15.4. The van der Waals surface area contributed by atoms with Gasteiger partial charge in [0.05, 0.1) is 0 Å². The minimum Gasteiger partial charge on any atom is -0.385 e. The van der Waals surface area contributed by atoms with Gasteiger partial charge in [-0.25, -0.2) is 0 Å². The Morgan fingerprint density at radius 2 is 1.48 bits per heavy atom. The highest BCUT2D eigenvalue weighted by molar-refractivity contribution is 4.78. The van der Waals surface area contributed by atoms with Gasteiger partial charge in [-0.3, -0.25) is 0 Å². The van der Waals surface area contributed by atoms with Gasteiger partial charge in [-0.15, -0.1) is 0 Å². The van der Waals surface area contributed by atoms with Crippen molar-refractivity contribution in [3.8, 4) is 0 Å². The molecule has 5 heteroatoms. The Hall–Kier alpha value is -0.200. The molecule has 0 saturated carbocycles. The van der Waals surface area contributed by atoms with E-state index in [2.05, 4.69) is 20.0 Å². The molecule has 0 aromatic heterocycles. The van der Waals surface area contributed by atoms with Crippen LogP contribution in [0.3, 0.4) is 0 Å². The topological polar surface area (TPSA) is 31.0 Å². The van der Waals surface area contributed by atoms with Crippen LogP contribution in [0.4, 0.5) is 0 Å². The van der Waals surface area contributed by atoms with Gasteiger partial charge in [-0.05, 0) is 64.8 Å². The molecule has 2 heterocycles. The van der Waals surface area contributed by atoms with Gasteiger partial charge in [0.2, 0.25) is 0 Å². The molecule has 0 aromatic rings. The lowest BCUT2D eigenvalue weighted by molar-refractivity contribution is 0.0887. The van der Waals surface area contributed by atoms with Gasteiger partial charge < -0.3 is 24.8 Å². The van der Waals surface area contributed by atoms with Crippen LogP contribution in [0.25, 0.3) is 0 Å². The Morgan fingerprint density at radius 1 is 0.870 bits per heavy atom. The van der Waals surface area contributed by atoms with Crippen LogP contribution in [-0.2, 0) is 4.74 Å². The number of likely N-dealkylation sites (tertiary alicyclic amines) is 1. The van der Waals surface area contributed by atoms with E-state index in [1.165, 1.54) is 84.6 Å². The van der Waals surface area contributed by atoms with Crippen LogP contribution < -0.4 is 5.32 Å². The molecule has 5 nitrogen and oxygen atoms in total. The molecule has 2 aliphatic rings. The van der Waals surface area contributed by atoms with E-state index in [4.69, 9.17) is 4.74 Å². The van der Waals surface area contributed by atoms with Crippen molar-refractivity contribution < 1.29 is 4.74 Å². The summed E-state index contributed by atoms with van der Waals surface area (Å²) in [4.78, 5) is 7.95. The van der Waals surface area contributed by atoms with E-state index in [1.54, 1.807) is 7.11 Å². The molecule has 2 fully saturated rings. The molecule has 0 aliphatic carbocycles. The lowest BCUT2D eigenvalue weighted by Crippen LogP contribution is -2.49. The van der Waals surface area contributed by atoms with Crippen molar-refractivity contribution in [1.82, 2.24) is 20.0 Å². The van der Waals surface area contributed by atoms with E-state index in [0.29, 0.717) is 0 Å². The molecule has 2 saturated heterocycles. The third kappa shape index (κ3) is 7.48. The van der Waals surface area contributed by atoms with Gasteiger partial charge in [-0.2, -0.15) is 0 Å². The first kappa shape index (κ1) is 19.1. The Labute approximate surface area is 143 Å². The molecule has 23 heavy (non-hydrogen) atoms. The van der Waals surface area contributed by atoms with E-state index in [0.717, 1.165) is 19.1 Å². The highest BCUT2D eigenvalue weighted by Crippen LogP contribution is 2.19. The Bertz CT molecular complexity index is 259. The zero-order valence-electron chi connectivity index (χ0n) is 15.4. The minimum atomic E-state index is 0.896. The summed E-state index contributed by atoms with van der Waals surface area (Å²) in [7, 11) is 3.84. The quantitative estimate of drug-likeness (QED) is 0.605. The summed E-state index contributed by atoms with van der Waals surface area (Å²) in [5.74, 6) is 0.926. The first-order chi connectivity index (χ1) is 11.3. The smallest absolute Gasteiger partial charge is 0.0474 e. The number of nitrogens with one attached hydrogen (secondary N) is 1. The standard InChI is InChI=1S/C18H38N4O/c1-19-7-3-8-20-10-5-18(6-11-20)17-22-14-12-21(13-15-22)9-4-16-23-2/h18-19H,3-17H2,1-2H3. The van der Waals surface area contributed by atoms with Gasteiger partial charge >= 0.3 is 0 Å². The molecule has 0 atom stereocenters. The molecule has 0 spiro atoms. The first-order valence-electron chi connectivity index (χ1n) is 9.62. The normalized spacial score (nSPS) is 22.7. The van der Waals surface area contributed by atoms with Crippen LogP contribution >= 0.6 is 0 Å². The summed E-state index contributed by atoms with van der Waals surface area (Å²) in [5, 5.41) is 3.25. The number of rotatable bonds is 10. The summed E-state index contributed by atoms with van der Waals surface area (Å²) < 4.78 is 5.15. The van der Waals surface area contributed by atoms with Gasteiger partial charge in [-0.1, -0.05) is 0 Å². The number of piperidine rings is 1. The Kier molecular flexibility index (Phi) is 9.46. The van der Waals surface area contributed by atoms with E-state index in [-0.39, 0.29) is 0 Å². The number of nitrogens with zero attached hydrogens (tertiary/aromatic N) is 3. The van der Waals surface area contributed by atoms with Crippen LogP contribution in [0.15, 0.2) is 0 Å². The number of piperazine rings is 1. The van der Waals surface area contributed by atoms with Crippen molar-refractivity contribution in [2.45, 2.75) is 25.7 Å². The summed E-state index contributed by atoms with van der Waals surface area (Å²) >= 11 is 0. The lowest BCUT2D eigenvalue weighted by Gasteiger charge is -2.39. The number of hydrogen-bond donors (Lipinski definition) is 1. The fourth-order valence-electron chi connectivity index (χ4n) is 3.87. The highest BCUT2D eigenvalue weighted by atomic mass is 16.5. The monoisotopic (exact) mass is 326 g/mol. The van der Waals surface area contributed by atoms with Crippen molar-refractivity contribution in [3.63, 3.8) is 0 Å². The Morgan fingerprint density at radius 3 is 2.13 bits per heavy atom. The van der Waals surface area contributed by atoms with Crippen LogP contribution in [0.5, 0.6) is 0 Å². The second kappa shape index (κ2) is 11.4. The third-order valence-corrected chi connectivity index (χ3v) is 5.41. The average molecular weight is 327 g/mol. The van der Waals surface area contributed by atoms with Gasteiger partial charge in [0.1, 0.15) is 0 Å². The fraction of sp³-hybridized carbons (Fsp3) is 1.00. The van der Waals surface area contributed by atoms with Gasteiger partial charge in [0, 0.05) is 53.0 Å². The van der Waals surface area contributed by atoms with Crippen molar-refractivity contribution in [1.29, 1.82) is 0 Å². The maximum absolute atomic E-state index is 5.15. The van der Waals surface area contributed by atoms with Crippen LogP contribution in [-0.4, -0.2) is 101 Å². The second-order valence-electron chi connectivity index (χ2n) is 7.23. The molecular weight excluding hydrogens is 288 g/mol. The molecule has 2 aliphatic heterocycles. The molecule has 0 amide bonds. The summed E-state index contributed by atoms with van der Waals surface area (Å²) in [6.07, 6.45) is 5.25. The highest BCUT2D eigenvalue weighted by Gasteiger charge is 2.23. The van der Waals surface area contributed by atoms with E-state index < -0.39 is 0 Å². The molecule has 136 valence electrons. The second-order valence-corrected chi connectivity index (χ2v) is 7.23. The predicted molar refractivity (Wildman–Crippen MR) is 97.1 cm³/mol. The fourth-order valence-corrected chi connectivity index (χ4v) is 3.87. The number of hydrogen-bond acceptors (Lipinski definition) is 5. The summed E-state index contributed by atoms with van der Waals surface area (Å²) in [6.45, 7) is 13.5. The van der Waals surface area contributed by atoms with Crippen molar-refractivity contribution in [2.24, 2.45) is 5.92 Å². The summed E-state index contributed by atoms with van der Waals surface area (Å²) in [5.41, 5.74) is 0. The van der Waals surface area contributed by atoms with Gasteiger partial charge in [0.15, 0.2) is 0 Å². The number of ether oxygens (including phenoxy) is 1. The largest absolute Gasteiger partial charge is 0.385 e. The van der Waals surface area contributed by atoms with Crippen molar-refractivity contribution in [2.75, 3.05) is 86.2 Å². The third-order valence-electron chi connectivity index (χ3n) is 5.41. The zero-order chi connectivity index (χ0) is 16.3. The lowest BCUT2D eigenvalue weighted by atomic mass is 9.96. The van der Waals surface area contributed by atoms with Crippen molar-refractivity contribution >= 4 is 0 Å². The SMILES string of the molecule is CNCCCN1CCC(CN2CCN(CCCOC)CC2)CC1. The van der Waals surface area contributed by atoms with Gasteiger partial charge in [0.25, 0.3) is 0 Å². The molecule has 0 radical (unpaired) electrons. The minimum absolute atomic E-state index is 0.896. The predicted octanol–water partition coefficient (Wildman–Crippen LogP) is 0.962. The summed E-state index contributed by atoms with van der Waals surface area (Å²) in [6, 6.07) is 0. The molecule has 0 bridgehead atoms. The Balaban J connectivity index is 1.53. The first-order valence-corrected chi connectivity index (χ1v) is 9.62. The average Bonchev–Trinajstić information content (AvgIpc) is 2.58. The van der Waals surface area contributed by atoms with Crippen LogP contribution in [0.1, 0.15) is 25.7 Å². The maximum atomic E-state index is 5.15. The molecule has 2 rings (SSSR count). The molecule has 1 N–H and O–H groups in total. The molecule has 0 aromatic carbocycles. The van der Waals surface area contributed by atoms with E-state index in [9.17, 15) is 0 Å². The van der Waals surface area contributed by atoms with E-state index in [1.807, 2.05) is 7.05 Å². The maximum Gasteiger partial charge on any atom is 0.0474 e. The van der Waals surface area contributed by atoms with Crippen LogP contribution in [0, 0.1) is 5.92 Å². The number of methoxy groups -OCH3 is 1. The van der Waals surface area contributed by atoms with Crippen molar-refractivity contribution in [3.05, 3.63) is 0 Å². The molecule has 0 unspecified atom stereocenters. The van der Waals surface area contributed by atoms with E-state index >= 15 is 0 Å². The molecular formula is C18H38N4O. The van der Waals surface area contributed by atoms with Crippen LogP contribution in [0.2, 0.25) is 0 Å².